The molecular formula is C13H16N4O2. The quantitative estimate of drug-likeness (QED) is 0.606. The van der Waals surface area contributed by atoms with Crippen LogP contribution in [0.4, 0.5) is 11.6 Å². The van der Waals surface area contributed by atoms with Crippen LogP contribution < -0.4 is 20.5 Å². The van der Waals surface area contributed by atoms with Gasteiger partial charge < -0.3 is 20.5 Å². The van der Waals surface area contributed by atoms with E-state index >= 15 is 0 Å². The van der Waals surface area contributed by atoms with Crippen molar-refractivity contribution >= 4 is 11.6 Å². The Kier molecular flexibility index (Phi) is 4.39. The van der Waals surface area contributed by atoms with Crippen molar-refractivity contribution < 1.29 is 9.47 Å². The van der Waals surface area contributed by atoms with Crippen molar-refractivity contribution in [2.45, 2.75) is 0 Å². The first-order valence-electron chi connectivity index (χ1n) is 5.86. The number of benzene rings is 1. The molecule has 1 aromatic heterocycles. The van der Waals surface area contributed by atoms with Gasteiger partial charge in [0, 0.05) is 11.8 Å². The highest BCUT2D eigenvalue weighted by Crippen LogP contribution is 2.14. The van der Waals surface area contributed by atoms with Crippen molar-refractivity contribution in [1.82, 2.24) is 9.97 Å². The molecule has 19 heavy (non-hydrogen) atoms. The Morgan fingerprint density at radius 3 is 2.68 bits per heavy atom. The Labute approximate surface area is 111 Å². The lowest BCUT2D eigenvalue weighted by atomic mass is 10.3. The van der Waals surface area contributed by atoms with E-state index in [1.807, 2.05) is 18.2 Å². The first-order valence-corrected chi connectivity index (χ1v) is 5.86. The zero-order valence-corrected chi connectivity index (χ0v) is 10.7. The average molecular weight is 260 g/mol. The molecule has 0 radical (unpaired) electrons. The van der Waals surface area contributed by atoms with Gasteiger partial charge in [-0.25, -0.2) is 9.97 Å². The third-order valence-corrected chi connectivity index (χ3v) is 2.38. The van der Waals surface area contributed by atoms with Crippen molar-refractivity contribution in [3.63, 3.8) is 0 Å². The second-order valence-electron chi connectivity index (χ2n) is 3.79. The third-order valence-electron chi connectivity index (χ3n) is 2.38. The molecule has 0 fully saturated rings. The van der Waals surface area contributed by atoms with Crippen molar-refractivity contribution in [3.05, 3.63) is 36.7 Å². The second-order valence-corrected chi connectivity index (χ2v) is 3.79. The number of rotatable bonds is 6. The van der Waals surface area contributed by atoms with Crippen LogP contribution in [-0.2, 0) is 0 Å². The first-order chi connectivity index (χ1) is 9.28. The monoisotopic (exact) mass is 260 g/mol. The highest BCUT2D eigenvalue weighted by atomic mass is 16.5. The van der Waals surface area contributed by atoms with E-state index in [0.29, 0.717) is 30.5 Å². The summed E-state index contributed by atoms with van der Waals surface area (Å²) < 4.78 is 10.5. The van der Waals surface area contributed by atoms with Gasteiger partial charge in [0.15, 0.2) is 5.75 Å². The van der Waals surface area contributed by atoms with E-state index in [1.165, 1.54) is 0 Å². The Morgan fingerprint density at radius 1 is 1.21 bits per heavy atom. The van der Waals surface area contributed by atoms with Gasteiger partial charge in [-0.2, -0.15) is 0 Å². The van der Waals surface area contributed by atoms with E-state index < -0.39 is 0 Å². The van der Waals surface area contributed by atoms with Crippen LogP contribution in [0.3, 0.4) is 0 Å². The summed E-state index contributed by atoms with van der Waals surface area (Å²) >= 11 is 0. The highest BCUT2D eigenvalue weighted by molar-refractivity contribution is 5.43. The Bertz CT molecular complexity index is 516. The van der Waals surface area contributed by atoms with Gasteiger partial charge in [-0.3, -0.25) is 0 Å². The molecule has 0 aliphatic rings. The van der Waals surface area contributed by atoms with Gasteiger partial charge in [-0.1, -0.05) is 6.07 Å². The van der Waals surface area contributed by atoms with Gasteiger partial charge in [-0.05, 0) is 12.1 Å². The van der Waals surface area contributed by atoms with Crippen LogP contribution in [-0.4, -0.2) is 30.2 Å². The molecule has 0 aliphatic heterocycles. The van der Waals surface area contributed by atoms with Gasteiger partial charge in [0.2, 0.25) is 5.95 Å². The zero-order valence-electron chi connectivity index (χ0n) is 10.7. The SMILES string of the molecule is COc1cnc(NCCOc2cccc(N)c2)nc1. The molecule has 0 unspecified atom stereocenters. The number of methoxy groups -OCH3 is 1. The number of aromatic nitrogens is 2. The van der Waals surface area contributed by atoms with Crippen molar-refractivity contribution in [2.75, 3.05) is 31.3 Å². The molecule has 2 rings (SSSR count). The summed E-state index contributed by atoms with van der Waals surface area (Å²) in [5.41, 5.74) is 6.34. The number of nitrogen functional groups attached to an aromatic ring is 1. The molecule has 0 saturated carbocycles. The lowest BCUT2D eigenvalue weighted by molar-refractivity contribution is 0.333. The molecule has 1 heterocycles. The van der Waals surface area contributed by atoms with E-state index in [1.54, 1.807) is 25.6 Å². The van der Waals surface area contributed by atoms with Crippen molar-refractivity contribution in [1.29, 1.82) is 0 Å². The molecular weight excluding hydrogens is 244 g/mol. The number of nitrogens with one attached hydrogen (secondary N) is 1. The molecule has 0 saturated heterocycles. The van der Waals surface area contributed by atoms with Gasteiger partial charge in [-0.15, -0.1) is 0 Å². The lowest BCUT2D eigenvalue weighted by Crippen LogP contribution is -2.13. The van der Waals surface area contributed by atoms with E-state index in [2.05, 4.69) is 15.3 Å². The van der Waals surface area contributed by atoms with Crippen LogP contribution in [0.5, 0.6) is 11.5 Å². The standard InChI is InChI=1S/C13H16N4O2/c1-18-12-8-16-13(17-9-12)15-5-6-19-11-4-2-3-10(14)7-11/h2-4,7-9H,5-6,14H2,1H3,(H,15,16,17). The molecule has 6 heteroatoms. The average Bonchev–Trinajstić information content (AvgIpc) is 2.44. The number of ether oxygens (including phenoxy) is 2. The maximum absolute atomic E-state index is 5.65. The van der Waals surface area contributed by atoms with Crippen molar-refractivity contribution in [3.8, 4) is 11.5 Å². The second kappa shape index (κ2) is 6.44. The summed E-state index contributed by atoms with van der Waals surface area (Å²) in [5.74, 6) is 1.91. The molecule has 0 amide bonds. The molecule has 0 aliphatic carbocycles. The maximum atomic E-state index is 5.65. The van der Waals surface area contributed by atoms with Crippen LogP contribution in [0.2, 0.25) is 0 Å². The third kappa shape index (κ3) is 4.02. The largest absolute Gasteiger partial charge is 0.494 e. The minimum atomic E-state index is 0.499. The van der Waals surface area contributed by atoms with Crippen LogP contribution >= 0.6 is 0 Å². The van der Waals surface area contributed by atoms with E-state index in [0.717, 1.165) is 5.75 Å². The summed E-state index contributed by atoms with van der Waals surface area (Å²) in [6.07, 6.45) is 3.21. The zero-order chi connectivity index (χ0) is 13.5. The normalized spacial score (nSPS) is 9.95. The van der Waals surface area contributed by atoms with Crippen LogP contribution in [0.25, 0.3) is 0 Å². The van der Waals surface area contributed by atoms with Crippen LogP contribution in [0.1, 0.15) is 0 Å². The van der Waals surface area contributed by atoms with E-state index in [9.17, 15) is 0 Å². The number of hydrogen-bond acceptors (Lipinski definition) is 6. The summed E-state index contributed by atoms with van der Waals surface area (Å²) in [6.45, 7) is 1.10. The number of anilines is 2. The van der Waals surface area contributed by atoms with Gasteiger partial charge >= 0.3 is 0 Å². The summed E-state index contributed by atoms with van der Waals surface area (Å²) in [4.78, 5) is 8.17. The fourth-order valence-electron chi connectivity index (χ4n) is 1.45. The molecule has 2 aromatic rings. The smallest absolute Gasteiger partial charge is 0.222 e. The van der Waals surface area contributed by atoms with E-state index in [4.69, 9.17) is 15.2 Å². The molecule has 3 N–H and O–H groups in total. The van der Waals surface area contributed by atoms with Gasteiger partial charge in [0.05, 0.1) is 26.0 Å². The predicted octanol–water partition coefficient (Wildman–Crippen LogP) is 1.56. The van der Waals surface area contributed by atoms with Crippen LogP contribution in [0, 0.1) is 0 Å². The highest BCUT2D eigenvalue weighted by Gasteiger charge is 1.97. The summed E-state index contributed by atoms with van der Waals surface area (Å²) in [5, 5.41) is 3.05. The summed E-state index contributed by atoms with van der Waals surface area (Å²) in [7, 11) is 1.57. The molecule has 100 valence electrons. The van der Waals surface area contributed by atoms with Gasteiger partial charge in [0.1, 0.15) is 12.4 Å². The van der Waals surface area contributed by atoms with E-state index in [-0.39, 0.29) is 0 Å². The topological polar surface area (TPSA) is 82.3 Å². The predicted molar refractivity (Wildman–Crippen MR) is 73.4 cm³/mol. The number of hydrogen-bond donors (Lipinski definition) is 2. The van der Waals surface area contributed by atoms with Crippen LogP contribution in [0.15, 0.2) is 36.7 Å². The summed E-state index contributed by atoms with van der Waals surface area (Å²) in [6, 6.07) is 7.31. The fraction of sp³-hybridized carbons (Fsp3) is 0.231. The first kappa shape index (κ1) is 12.9. The molecule has 6 nitrogen and oxygen atoms in total. The number of nitrogens with zero attached hydrogens (tertiary/aromatic N) is 2. The molecule has 1 aromatic carbocycles. The van der Waals surface area contributed by atoms with Crippen molar-refractivity contribution in [2.24, 2.45) is 0 Å². The Hall–Kier alpha value is -2.50. The van der Waals surface area contributed by atoms with Gasteiger partial charge in [0.25, 0.3) is 0 Å². The Balaban J connectivity index is 1.74. The number of nitrogens with two attached hydrogens (primary N) is 1. The fourth-order valence-corrected chi connectivity index (χ4v) is 1.45. The Morgan fingerprint density at radius 2 is 2.00 bits per heavy atom. The lowest BCUT2D eigenvalue weighted by Gasteiger charge is -2.08. The molecule has 0 spiro atoms. The minimum absolute atomic E-state index is 0.499. The minimum Gasteiger partial charge on any atom is -0.494 e. The molecule has 0 atom stereocenters. The molecule has 0 bridgehead atoms. The maximum Gasteiger partial charge on any atom is 0.222 e.